The zero-order chi connectivity index (χ0) is 20.5. The predicted molar refractivity (Wildman–Crippen MR) is 111 cm³/mol. The highest BCUT2D eigenvalue weighted by molar-refractivity contribution is 5.79. The molecule has 1 saturated heterocycles. The standard InChI is InChI=1S/C20H27N7O2/c1-12(2)27-15-8-18(22-9-14(15)23-19(27)11-28)24-17-4-6-21-20(25-17)26-7-5-16(29)13(3)10-26/h4,6,8-9,12-13,16,28-29H,5,7,10-11H2,1-3H3,(H,21,22,24,25)/t13-,16-/m1/s1. The molecule has 0 aliphatic carbocycles. The summed E-state index contributed by atoms with van der Waals surface area (Å²) >= 11 is 0. The molecule has 4 rings (SSSR count). The maximum Gasteiger partial charge on any atom is 0.227 e. The van der Waals surface area contributed by atoms with E-state index in [4.69, 9.17) is 0 Å². The molecule has 4 heterocycles. The zero-order valence-electron chi connectivity index (χ0n) is 16.9. The summed E-state index contributed by atoms with van der Waals surface area (Å²) in [6.07, 6.45) is 3.87. The van der Waals surface area contributed by atoms with Gasteiger partial charge in [0.1, 0.15) is 29.6 Å². The number of aliphatic hydroxyl groups is 2. The molecule has 9 nitrogen and oxygen atoms in total. The largest absolute Gasteiger partial charge is 0.393 e. The van der Waals surface area contributed by atoms with Crippen molar-refractivity contribution in [3.8, 4) is 0 Å². The Morgan fingerprint density at radius 1 is 1.24 bits per heavy atom. The van der Waals surface area contributed by atoms with Crippen LogP contribution in [-0.2, 0) is 6.61 Å². The lowest BCUT2D eigenvalue weighted by molar-refractivity contribution is 0.0966. The number of aliphatic hydroxyl groups excluding tert-OH is 2. The summed E-state index contributed by atoms with van der Waals surface area (Å²) in [5.74, 6) is 2.75. The highest BCUT2D eigenvalue weighted by Crippen LogP contribution is 2.25. The van der Waals surface area contributed by atoms with Crippen molar-refractivity contribution in [2.75, 3.05) is 23.3 Å². The van der Waals surface area contributed by atoms with Crippen molar-refractivity contribution in [1.82, 2.24) is 24.5 Å². The summed E-state index contributed by atoms with van der Waals surface area (Å²) in [7, 11) is 0. The molecule has 1 aliphatic heterocycles. The van der Waals surface area contributed by atoms with Gasteiger partial charge in [-0.25, -0.2) is 15.0 Å². The maximum absolute atomic E-state index is 9.95. The number of nitrogens with zero attached hydrogens (tertiary/aromatic N) is 6. The van der Waals surface area contributed by atoms with Crippen LogP contribution >= 0.6 is 0 Å². The lowest BCUT2D eigenvalue weighted by Gasteiger charge is -2.34. The fraction of sp³-hybridized carbons (Fsp3) is 0.500. The van der Waals surface area contributed by atoms with Crippen molar-refractivity contribution < 1.29 is 10.2 Å². The van der Waals surface area contributed by atoms with E-state index in [1.807, 2.05) is 17.6 Å². The Morgan fingerprint density at radius 3 is 2.79 bits per heavy atom. The molecule has 0 radical (unpaired) electrons. The van der Waals surface area contributed by atoms with Crippen molar-refractivity contribution in [3.63, 3.8) is 0 Å². The van der Waals surface area contributed by atoms with Crippen molar-refractivity contribution in [1.29, 1.82) is 0 Å². The summed E-state index contributed by atoms with van der Waals surface area (Å²) in [5.41, 5.74) is 1.66. The quantitative estimate of drug-likeness (QED) is 0.601. The van der Waals surface area contributed by atoms with Gasteiger partial charge in [0.15, 0.2) is 0 Å². The topological polar surface area (TPSA) is 112 Å². The van der Waals surface area contributed by atoms with Crippen LogP contribution in [0.1, 0.15) is 39.1 Å². The number of rotatable bonds is 5. The minimum absolute atomic E-state index is 0.117. The van der Waals surface area contributed by atoms with Gasteiger partial charge >= 0.3 is 0 Å². The average molecular weight is 397 g/mol. The maximum atomic E-state index is 9.95. The van der Waals surface area contributed by atoms with E-state index in [0.29, 0.717) is 29.8 Å². The van der Waals surface area contributed by atoms with Gasteiger partial charge in [0.25, 0.3) is 0 Å². The normalized spacial score (nSPS) is 19.9. The molecule has 9 heteroatoms. The van der Waals surface area contributed by atoms with Crippen LogP contribution in [-0.4, -0.2) is 53.9 Å². The van der Waals surface area contributed by atoms with E-state index in [1.165, 1.54) is 0 Å². The first-order chi connectivity index (χ1) is 14.0. The number of piperidine rings is 1. The first-order valence-electron chi connectivity index (χ1n) is 9.97. The van der Waals surface area contributed by atoms with Crippen molar-refractivity contribution >= 4 is 28.6 Å². The molecule has 0 bridgehead atoms. The molecule has 0 saturated carbocycles. The molecule has 0 aromatic carbocycles. The van der Waals surface area contributed by atoms with E-state index < -0.39 is 0 Å². The van der Waals surface area contributed by atoms with E-state index in [1.54, 1.807) is 18.5 Å². The number of pyridine rings is 1. The Balaban J connectivity index is 1.59. The summed E-state index contributed by atoms with van der Waals surface area (Å²) in [4.78, 5) is 20.0. The first kappa shape index (κ1) is 19.5. The van der Waals surface area contributed by atoms with Gasteiger partial charge in [-0.15, -0.1) is 0 Å². The van der Waals surface area contributed by atoms with E-state index in [-0.39, 0.29) is 24.7 Å². The Bertz CT molecular complexity index is 1000. The van der Waals surface area contributed by atoms with Gasteiger partial charge in [0.05, 0.1) is 17.8 Å². The predicted octanol–water partition coefficient (Wildman–Crippen LogP) is 2.25. The molecule has 3 aromatic rings. The molecule has 3 N–H and O–H groups in total. The Kier molecular flexibility index (Phi) is 5.33. The van der Waals surface area contributed by atoms with Crippen LogP contribution in [0.2, 0.25) is 0 Å². The third-order valence-corrected chi connectivity index (χ3v) is 5.35. The molecule has 29 heavy (non-hydrogen) atoms. The monoisotopic (exact) mass is 397 g/mol. The second kappa shape index (κ2) is 7.92. The van der Waals surface area contributed by atoms with Crippen LogP contribution in [0.3, 0.4) is 0 Å². The minimum atomic E-state index is -0.266. The van der Waals surface area contributed by atoms with Crippen LogP contribution in [0.25, 0.3) is 11.0 Å². The van der Waals surface area contributed by atoms with Crippen LogP contribution in [0, 0.1) is 5.92 Å². The number of hydrogen-bond donors (Lipinski definition) is 3. The number of anilines is 3. The minimum Gasteiger partial charge on any atom is -0.393 e. The highest BCUT2D eigenvalue weighted by Gasteiger charge is 2.25. The van der Waals surface area contributed by atoms with Crippen LogP contribution in [0.15, 0.2) is 24.5 Å². The zero-order valence-corrected chi connectivity index (χ0v) is 16.9. The second-order valence-corrected chi connectivity index (χ2v) is 7.85. The fourth-order valence-corrected chi connectivity index (χ4v) is 3.82. The fourth-order valence-electron chi connectivity index (χ4n) is 3.82. The average Bonchev–Trinajstić information content (AvgIpc) is 3.08. The lowest BCUT2D eigenvalue weighted by atomic mass is 9.97. The van der Waals surface area contributed by atoms with Crippen molar-refractivity contribution in [2.24, 2.45) is 5.92 Å². The number of hydrogen-bond acceptors (Lipinski definition) is 8. The van der Waals surface area contributed by atoms with Crippen LogP contribution in [0.4, 0.5) is 17.6 Å². The molecule has 0 amide bonds. The smallest absolute Gasteiger partial charge is 0.227 e. The molecule has 1 aliphatic rings. The van der Waals surface area contributed by atoms with Crippen molar-refractivity contribution in [2.45, 2.75) is 45.9 Å². The van der Waals surface area contributed by atoms with Crippen LogP contribution in [0.5, 0.6) is 0 Å². The first-order valence-corrected chi connectivity index (χ1v) is 9.97. The second-order valence-electron chi connectivity index (χ2n) is 7.85. The Hall–Kier alpha value is -2.78. The van der Waals surface area contributed by atoms with Gasteiger partial charge in [-0.3, -0.25) is 0 Å². The van der Waals surface area contributed by atoms with E-state index >= 15 is 0 Å². The number of imidazole rings is 1. The summed E-state index contributed by atoms with van der Waals surface area (Å²) in [5, 5.41) is 22.8. The molecule has 154 valence electrons. The third kappa shape index (κ3) is 3.88. The number of nitrogens with one attached hydrogen (secondary N) is 1. The van der Waals surface area contributed by atoms with E-state index in [2.05, 4.69) is 44.0 Å². The van der Waals surface area contributed by atoms with Gasteiger partial charge < -0.3 is 25.0 Å². The molecule has 1 fully saturated rings. The third-order valence-electron chi connectivity index (χ3n) is 5.35. The van der Waals surface area contributed by atoms with Gasteiger partial charge in [-0.2, -0.15) is 4.98 Å². The molecule has 3 aromatic heterocycles. The van der Waals surface area contributed by atoms with Crippen LogP contribution < -0.4 is 10.2 Å². The highest BCUT2D eigenvalue weighted by atomic mass is 16.3. The number of fused-ring (bicyclic) bond motifs is 1. The summed E-state index contributed by atoms with van der Waals surface area (Å²) < 4.78 is 2.01. The Morgan fingerprint density at radius 2 is 2.07 bits per heavy atom. The van der Waals surface area contributed by atoms with Gasteiger partial charge in [0.2, 0.25) is 5.95 Å². The van der Waals surface area contributed by atoms with Gasteiger partial charge in [-0.1, -0.05) is 6.92 Å². The SMILES string of the molecule is CC(C)n1c(CO)nc2cnc(Nc3ccnc(N4CC[C@@H](O)[C@H](C)C4)n3)cc21. The molecular weight excluding hydrogens is 370 g/mol. The molecule has 2 atom stereocenters. The number of aromatic nitrogens is 5. The molecule has 0 unspecified atom stereocenters. The molecule has 0 spiro atoms. The lowest BCUT2D eigenvalue weighted by Crippen LogP contribution is -2.42. The molecular formula is C20H27N7O2. The van der Waals surface area contributed by atoms with Gasteiger partial charge in [0, 0.05) is 31.4 Å². The van der Waals surface area contributed by atoms with Crippen molar-refractivity contribution in [3.05, 3.63) is 30.4 Å². The summed E-state index contributed by atoms with van der Waals surface area (Å²) in [6.45, 7) is 7.50. The Labute approximate surface area is 169 Å². The van der Waals surface area contributed by atoms with E-state index in [9.17, 15) is 10.2 Å². The van der Waals surface area contributed by atoms with E-state index in [0.717, 1.165) is 24.1 Å². The summed E-state index contributed by atoms with van der Waals surface area (Å²) in [6, 6.07) is 3.89. The van der Waals surface area contributed by atoms with Gasteiger partial charge in [-0.05, 0) is 32.3 Å².